The van der Waals surface area contributed by atoms with E-state index in [0.717, 1.165) is 10.6 Å². The minimum atomic E-state index is -1.04. The summed E-state index contributed by atoms with van der Waals surface area (Å²) in [6, 6.07) is 6.94. The highest BCUT2D eigenvalue weighted by atomic mass is 32.2. The molecule has 0 saturated heterocycles. The summed E-state index contributed by atoms with van der Waals surface area (Å²) in [6.45, 7) is 4.03. The quantitative estimate of drug-likeness (QED) is 0.790. The third kappa shape index (κ3) is 5.52. The summed E-state index contributed by atoms with van der Waals surface area (Å²) in [6.07, 6.45) is 0. The number of hydrogen-bond donors (Lipinski definition) is 2. The Morgan fingerprint density at radius 2 is 1.95 bits per heavy atom. The molecule has 1 aromatic carbocycles. The van der Waals surface area contributed by atoms with Gasteiger partial charge in [0.05, 0.1) is 0 Å². The molecule has 0 aliphatic heterocycles. The van der Waals surface area contributed by atoms with Crippen molar-refractivity contribution in [1.82, 2.24) is 10.2 Å². The van der Waals surface area contributed by atoms with E-state index in [0.29, 0.717) is 6.54 Å². The molecule has 0 aliphatic rings. The van der Waals surface area contributed by atoms with E-state index in [2.05, 4.69) is 5.32 Å². The molecule has 0 fully saturated rings. The van der Waals surface area contributed by atoms with Crippen LogP contribution in [-0.2, 0) is 4.79 Å². The van der Waals surface area contributed by atoms with Crippen LogP contribution in [0.4, 0.5) is 4.79 Å². The average Bonchev–Trinajstić information content (AvgIpc) is 2.40. The van der Waals surface area contributed by atoms with Crippen LogP contribution in [0.2, 0.25) is 0 Å². The number of rotatable bonds is 6. The van der Waals surface area contributed by atoms with Crippen LogP contribution in [-0.4, -0.2) is 47.4 Å². The summed E-state index contributed by atoms with van der Waals surface area (Å²) in [4.78, 5) is 25.0. The first kappa shape index (κ1) is 16.4. The number of carbonyl (C=O) groups is 2. The van der Waals surface area contributed by atoms with Crippen LogP contribution < -0.4 is 5.32 Å². The van der Waals surface area contributed by atoms with Gasteiger partial charge < -0.3 is 15.3 Å². The molecule has 1 unspecified atom stereocenters. The summed E-state index contributed by atoms with van der Waals surface area (Å²) >= 11 is 1.66. The number of nitrogens with zero attached hydrogens (tertiary/aromatic N) is 1. The van der Waals surface area contributed by atoms with Crippen molar-refractivity contribution in [3.8, 4) is 0 Å². The first-order chi connectivity index (χ1) is 9.40. The Kier molecular flexibility index (Phi) is 6.38. The Morgan fingerprint density at radius 1 is 1.35 bits per heavy atom. The van der Waals surface area contributed by atoms with E-state index < -0.39 is 12.0 Å². The lowest BCUT2D eigenvalue weighted by atomic mass is 10.2. The molecule has 110 valence electrons. The molecule has 0 heterocycles. The highest BCUT2D eigenvalue weighted by Crippen LogP contribution is 2.17. The summed E-state index contributed by atoms with van der Waals surface area (Å²) in [5, 5.41) is 11.1. The molecule has 0 aliphatic carbocycles. The van der Waals surface area contributed by atoms with Gasteiger partial charge in [-0.1, -0.05) is 17.7 Å². The first-order valence-electron chi connectivity index (χ1n) is 6.34. The second-order valence-electron chi connectivity index (χ2n) is 4.59. The lowest BCUT2D eigenvalue weighted by Gasteiger charge is -2.19. The lowest BCUT2D eigenvalue weighted by molar-refractivity contribution is -0.138. The van der Waals surface area contributed by atoms with Crippen LogP contribution in [0.1, 0.15) is 12.5 Å². The number of thioether (sulfide) groups is 1. The fourth-order valence-electron chi connectivity index (χ4n) is 1.39. The lowest BCUT2D eigenvalue weighted by Crippen LogP contribution is -2.45. The van der Waals surface area contributed by atoms with Crippen LogP contribution >= 0.6 is 11.8 Å². The Morgan fingerprint density at radius 3 is 2.50 bits per heavy atom. The minimum absolute atomic E-state index is 0.371. The molecular formula is C14H20N2O3S. The van der Waals surface area contributed by atoms with Gasteiger partial charge in [0.25, 0.3) is 0 Å². The smallest absolute Gasteiger partial charge is 0.325 e. The molecule has 1 atom stereocenters. The summed E-state index contributed by atoms with van der Waals surface area (Å²) in [5.41, 5.74) is 1.22. The monoisotopic (exact) mass is 296 g/mol. The number of benzene rings is 1. The van der Waals surface area contributed by atoms with Crippen molar-refractivity contribution in [1.29, 1.82) is 0 Å². The molecule has 6 heteroatoms. The van der Waals surface area contributed by atoms with Gasteiger partial charge in [0, 0.05) is 24.2 Å². The topological polar surface area (TPSA) is 69.6 Å². The van der Waals surface area contributed by atoms with Gasteiger partial charge in [-0.3, -0.25) is 4.79 Å². The SMILES string of the molecule is Cc1ccc(SCCN(C)C(=O)NC(C)C(=O)O)cc1. The zero-order valence-electron chi connectivity index (χ0n) is 11.9. The number of carboxylic acids is 1. The van der Waals surface area contributed by atoms with Crippen molar-refractivity contribution in [3.63, 3.8) is 0 Å². The predicted octanol–water partition coefficient (Wildman–Crippen LogP) is 2.20. The number of hydrogen-bond acceptors (Lipinski definition) is 3. The third-order valence-corrected chi connectivity index (χ3v) is 3.77. The number of urea groups is 1. The van der Waals surface area contributed by atoms with Crippen molar-refractivity contribution < 1.29 is 14.7 Å². The van der Waals surface area contributed by atoms with Gasteiger partial charge in [0.2, 0.25) is 0 Å². The number of nitrogens with one attached hydrogen (secondary N) is 1. The van der Waals surface area contributed by atoms with Crippen LogP contribution in [0.25, 0.3) is 0 Å². The normalized spacial score (nSPS) is 11.8. The van der Waals surface area contributed by atoms with Gasteiger partial charge in [0.1, 0.15) is 6.04 Å². The molecule has 20 heavy (non-hydrogen) atoms. The average molecular weight is 296 g/mol. The van der Waals surface area contributed by atoms with Crippen molar-refractivity contribution in [3.05, 3.63) is 29.8 Å². The van der Waals surface area contributed by atoms with Crippen LogP contribution in [0, 0.1) is 6.92 Å². The van der Waals surface area contributed by atoms with E-state index in [9.17, 15) is 9.59 Å². The molecule has 0 bridgehead atoms. The fourth-order valence-corrected chi connectivity index (χ4v) is 2.32. The van der Waals surface area contributed by atoms with E-state index in [4.69, 9.17) is 5.11 Å². The molecule has 5 nitrogen and oxygen atoms in total. The van der Waals surface area contributed by atoms with E-state index in [1.807, 2.05) is 31.2 Å². The third-order valence-electron chi connectivity index (χ3n) is 2.77. The van der Waals surface area contributed by atoms with Crippen molar-refractivity contribution in [2.75, 3.05) is 19.3 Å². The van der Waals surface area contributed by atoms with Crippen LogP contribution in [0.5, 0.6) is 0 Å². The van der Waals surface area contributed by atoms with Gasteiger partial charge in [0.15, 0.2) is 0 Å². The van der Waals surface area contributed by atoms with Gasteiger partial charge in [-0.15, -0.1) is 11.8 Å². The predicted molar refractivity (Wildman–Crippen MR) is 80.2 cm³/mol. The molecule has 0 aromatic heterocycles. The molecule has 1 rings (SSSR count). The number of carbonyl (C=O) groups excluding carboxylic acids is 1. The van der Waals surface area contributed by atoms with Gasteiger partial charge >= 0.3 is 12.0 Å². The zero-order chi connectivity index (χ0) is 15.1. The first-order valence-corrected chi connectivity index (χ1v) is 7.32. The van der Waals surface area contributed by atoms with Crippen molar-refractivity contribution in [2.24, 2.45) is 0 Å². The summed E-state index contributed by atoms with van der Waals surface area (Å²) < 4.78 is 0. The second-order valence-corrected chi connectivity index (χ2v) is 5.76. The number of carboxylic acid groups (broad SMARTS) is 1. The fraction of sp³-hybridized carbons (Fsp3) is 0.429. The van der Waals surface area contributed by atoms with Crippen molar-refractivity contribution >= 4 is 23.8 Å². The zero-order valence-corrected chi connectivity index (χ0v) is 12.7. The summed E-state index contributed by atoms with van der Waals surface area (Å²) in [7, 11) is 1.65. The van der Waals surface area contributed by atoms with E-state index in [1.54, 1.807) is 18.8 Å². The van der Waals surface area contributed by atoms with Crippen LogP contribution in [0.15, 0.2) is 29.2 Å². The molecular weight excluding hydrogens is 276 g/mol. The van der Waals surface area contributed by atoms with E-state index >= 15 is 0 Å². The Balaban J connectivity index is 2.32. The maximum atomic E-state index is 11.7. The Hall–Kier alpha value is -1.69. The minimum Gasteiger partial charge on any atom is -0.480 e. The maximum absolute atomic E-state index is 11.7. The van der Waals surface area contributed by atoms with Crippen LogP contribution in [0.3, 0.4) is 0 Å². The largest absolute Gasteiger partial charge is 0.480 e. The number of amides is 2. The highest BCUT2D eigenvalue weighted by Gasteiger charge is 2.16. The number of aryl methyl sites for hydroxylation is 1. The summed E-state index contributed by atoms with van der Waals surface area (Å²) in [5.74, 6) is -0.283. The Bertz CT molecular complexity index is 462. The Labute approximate surface area is 123 Å². The van der Waals surface area contributed by atoms with E-state index in [-0.39, 0.29) is 6.03 Å². The molecule has 0 saturated carbocycles. The van der Waals surface area contributed by atoms with Gasteiger partial charge in [-0.2, -0.15) is 0 Å². The molecule has 0 spiro atoms. The van der Waals surface area contributed by atoms with Gasteiger partial charge in [-0.05, 0) is 26.0 Å². The van der Waals surface area contributed by atoms with Crippen molar-refractivity contribution in [2.45, 2.75) is 24.8 Å². The maximum Gasteiger partial charge on any atom is 0.325 e. The molecule has 2 N–H and O–H groups in total. The number of aliphatic carboxylic acids is 1. The molecule has 0 radical (unpaired) electrons. The van der Waals surface area contributed by atoms with Gasteiger partial charge in [-0.25, -0.2) is 4.79 Å². The molecule has 2 amide bonds. The van der Waals surface area contributed by atoms with E-state index in [1.165, 1.54) is 17.4 Å². The molecule has 1 aromatic rings. The second kappa shape index (κ2) is 7.79. The highest BCUT2D eigenvalue weighted by molar-refractivity contribution is 7.99. The standard InChI is InChI=1S/C14H20N2O3S/c1-10-4-6-12(7-5-10)20-9-8-16(3)14(19)15-11(2)13(17)18/h4-7,11H,8-9H2,1-3H3,(H,15,19)(H,17,18).